The Morgan fingerprint density at radius 2 is 1.88 bits per heavy atom. The van der Waals surface area contributed by atoms with E-state index in [1.807, 2.05) is 6.92 Å². The van der Waals surface area contributed by atoms with E-state index >= 15 is 0 Å². The Morgan fingerprint density at radius 1 is 1.17 bits per heavy atom. The van der Waals surface area contributed by atoms with Gasteiger partial charge in [-0.2, -0.15) is 9.61 Å². The van der Waals surface area contributed by atoms with Gasteiger partial charge in [0.1, 0.15) is 11.4 Å². The Balaban J connectivity index is 1.89. The van der Waals surface area contributed by atoms with Crippen LogP contribution in [0.4, 0.5) is 0 Å². The minimum Gasteiger partial charge on any atom is -0.283 e. The molecule has 0 fully saturated rings. The molecule has 0 saturated carbocycles. The molecule has 4 rings (SSSR count). The van der Waals surface area contributed by atoms with Crippen molar-refractivity contribution in [3.63, 3.8) is 0 Å². The molecule has 1 unspecified atom stereocenters. The number of H-pyrrole nitrogens is 1. The number of fused-ring (bicyclic) bond motifs is 2. The summed E-state index contributed by atoms with van der Waals surface area (Å²) in [5, 5.41) is 4.43. The number of aromatic nitrogens is 6. The molecule has 24 heavy (non-hydrogen) atoms. The summed E-state index contributed by atoms with van der Waals surface area (Å²) in [7, 11) is -1.37. The molecule has 3 aromatic heterocycles. The number of hydrogen-bond acceptors (Lipinski definition) is 6. The largest absolute Gasteiger partial charge is 0.350 e. The Hall–Kier alpha value is -2.42. The van der Waals surface area contributed by atoms with Gasteiger partial charge in [0.25, 0.3) is 0 Å². The molecule has 9 heteroatoms. The van der Waals surface area contributed by atoms with E-state index in [1.54, 1.807) is 6.07 Å². The van der Waals surface area contributed by atoms with Crippen LogP contribution in [0.25, 0.3) is 17.0 Å². The second-order valence-electron chi connectivity index (χ2n) is 5.86. The maximum atomic E-state index is 12.1. The van der Waals surface area contributed by atoms with Crippen LogP contribution in [0.2, 0.25) is 0 Å². The summed E-state index contributed by atoms with van der Waals surface area (Å²) in [6, 6.07) is 1.68. The van der Waals surface area contributed by atoms with E-state index in [1.165, 1.54) is 6.26 Å². The third-order valence-corrected chi connectivity index (χ3v) is 4.87. The molecule has 1 N–H and O–H groups in total. The lowest BCUT2D eigenvalue weighted by Crippen LogP contribution is -2.21. The van der Waals surface area contributed by atoms with Crippen molar-refractivity contribution in [2.75, 3.05) is 6.26 Å². The highest BCUT2D eigenvalue weighted by atomic mass is 32.2. The van der Waals surface area contributed by atoms with Gasteiger partial charge in [-0.15, -0.1) is 0 Å². The average molecular weight is 344 g/mol. The van der Waals surface area contributed by atoms with Gasteiger partial charge in [0.2, 0.25) is 5.16 Å². The Labute approximate surface area is 139 Å². The lowest BCUT2D eigenvalue weighted by atomic mass is 10.00. The fourth-order valence-electron chi connectivity index (χ4n) is 2.96. The molecule has 124 valence electrons. The summed E-state index contributed by atoms with van der Waals surface area (Å²) in [5.41, 5.74) is 3.94. The van der Waals surface area contributed by atoms with Crippen molar-refractivity contribution in [2.45, 2.75) is 37.8 Å². The maximum Gasteiger partial charge on any atom is 0.350 e. The van der Waals surface area contributed by atoms with Gasteiger partial charge in [0.05, 0.1) is 27.9 Å². The third-order valence-electron chi connectivity index (χ3n) is 4.13. The molecule has 0 saturated heterocycles. The molecule has 0 radical (unpaired) electrons. The Bertz CT molecular complexity index is 1040. The van der Waals surface area contributed by atoms with Gasteiger partial charge in [-0.3, -0.25) is 14.2 Å². The lowest BCUT2D eigenvalue weighted by Gasteiger charge is -2.15. The van der Waals surface area contributed by atoms with E-state index in [-0.39, 0.29) is 5.16 Å². The number of nitrogens with zero attached hydrogens (tertiary/aromatic N) is 5. The fourth-order valence-corrected chi connectivity index (χ4v) is 3.41. The van der Waals surface area contributed by atoms with Gasteiger partial charge < -0.3 is 0 Å². The monoisotopic (exact) mass is 344 g/mol. The van der Waals surface area contributed by atoms with Crippen LogP contribution in [0.15, 0.2) is 16.0 Å². The first kappa shape index (κ1) is 15.1. The number of aromatic amines is 1. The SMILES string of the molecule is Cc1nc2c(nc1-c1cc3nc(S(C)=O)[nH]c(=O)n3n1)CCCC2. The van der Waals surface area contributed by atoms with Crippen LogP contribution in [0.5, 0.6) is 0 Å². The van der Waals surface area contributed by atoms with Crippen LogP contribution >= 0.6 is 0 Å². The van der Waals surface area contributed by atoms with E-state index in [0.29, 0.717) is 17.0 Å². The van der Waals surface area contributed by atoms with Crippen LogP contribution < -0.4 is 5.69 Å². The van der Waals surface area contributed by atoms with Crippen LogP contribution in [0.1, 0.15) is 29.9 Å². The Morgan fingerprint density at radius 3 is 2.58 bits per heavy atom. The minimum absolute atomic E-state index is 0.132. The summed E-state index contributed by atoms with van der Waals surface area (Å²) in [4.78, 5) is 28.2. The molecule has 1 aliphatic carbocycles. The maximum absolute atomic E-state index is 12.1. The third kappa shape index (κ3) is 2.44. The summed E-state index contributed by atoms with van der Waals surface area (Å²) in [6.07, 6.45) is 5.60. The first-order valence-corrected chi connectivity index (χ1v) is 9.29. The first-order valence-electron chi connectivity index (χ1n) is 7.73. The van der Waals surface area contributed by atoms with Gasteiger partial charge in [-0.1, -0.05) is 0 Å². The number of rotatable bonds is 2. The number of nitrogens with one attached hydrogen (secondary N) is 1. The quantitative estimate of drug-likeness (QED) is 0.737. The van der Waals surface area contributed by atoms with Crippen molar-refractivity contribution in [1.29, 1.82) is 0 Å². The van der Waals surface area contributed by atoms with Crippen molar-refractivity contribution in [2.24, 2.45) is 0 Å². The van der Waals surface area contributed by atoms with Gasteiger partial charge in [0.15, 0.2) is 5.65 Å². The molecular formula is C15H16N6O2S. The van der Waals surface area contributed by atoms with Crippen LogP contribution in [0, 0.1) is 6.92 Å². The zero-order chi connectivity index (χ0) is 16.8. The highest BCUT2D eigenvalue weighted by Gasteiger charge is 2.18. The van der Waals surface area contributed by atoms with Crippen LogP contribution in [-0.2, 0) is 23.6 Å². The zero-order valence-corrected chi connectivity index (χ0v) is 14.2. The normalized spacial score (nSPS) is 15.4. The molecule has 3 aromatic rings. The molecule has 8 nitrogen and oxygen atoms in total. The van der Waals surface area contributed by atoms with Crippen LogP contribution in [-0.4, -0.2) is 40.0 Å². The van der Waals surface area contributed by atoms with Crippen molar-refractivity contribution in [3.8, 4) is 11.4 Å². The minimum atomic E-state index is -1.37. The fraction of sp³-hybridized carbons (Fsp3) is 0.400. The second-order valence-corrected chi connectivity index (χ2v) is 7.15. The van der Waals surface area contributed by atoms with Gasteiger partial charge >= 0.3 is 5.69 Å². The van der Waals surface area contributed by atoms with E-state index < -0.39 is 16.5 Å². The molecule has 0 amide bonds. The van der Waals surface area contributed by atoms with E-state index in [4.69, 9.17) is 4.98 Å². The van der Waals surface area contributed by atoms with Crippen molar-refractivity contribution in [3.05, 3.63) is 33.6 Å². The molecule has 1 aliphatic rings. The standard InChI is InChI=1S/C15H16N6O2S/c1-8-13(17-10-6-4-3-5-9(10)16-8)11-7-12-18-14(24(2)23)19-15(22)21(12)20-11/h7H,3-6H2,1-2H3,(H,18,19,22). The number of aryl methyl sites for hydroxylation is 3. The molecule has 3 heterocycles. The summed E-state index contributed by atoms with van der Waals surface area (Å²) < 4.78 is 12.7. The predicted octanol–water partition coefficient (Wildman–Crippen LogP) is 0.799. The summed E-state index contributed by atoms with van der Waals surface area (Å²) >= 11 is 0. The topological polar surface area (TPSA) is 106 Å². The molecule has 0 aliphatic heterocycles. The highest BCUT2D eigenvalue weighted by Crippen LogP contribution is 2.24. The van der Waals surface area contributed by atoms with Crippen molar-refractivity contribution >= 4 is 16.4 Å². The van der Waals surface area contributed by atoms with Gasteiger partial charge in [0, 0.05) is 12.3 Å². The molecule has 1 atom stereocenters. The zero-order valence-electron chi connectivity index (χ0n) is 13.4. The lowest BCUT2D eigenvalue weighted by molar-refractivity contribution is 0.646. The average Bonchev–Trinajstić information content (AvgIpc) is 2.98. The van der Waals surface area contributed by atoms with E-state index in [0.717, 1.165) is 47.3 Å². The summed E-state index contributed by atoms with van der Waals surface area (Å²) in [6.45, 7) is 1.89. The number of hydrogen-bond donors (Lipinski definition) is 1. The van der Waals surface area contributed by atoms with E-state index in [9.17, 15) is 9.00 Å². The molecule has 0 bridgehead atoms. The van der Waals surface area contributed by atoms with Crippen molar-refractivity contribution in [1.82, 2.24) is 29.5 Å². The smallest absolute Gasteiger partial charge is 0.283 e. The van der Waals surface area contributed by atoms with Gasteiger partial charge in [-0.25, -0.2) is 14.8 Å². The van der Waals surface area contributed by atoms with Crippen LogP contribution in [0.3, 0.4) is 0 Å². The first-order chi connectivity index (χ1) is 11.5. The van der Waals surface area contributed by atoms with E-state index in [2.05, 4.69) is 20.1 Å². The van der Waals surface area contributed by atoms with Gasteiger partial charge in [-0.05, 0) is 32.6 Å². The predicted molar refractivity (Wildman–Crippen MR) is 88.3 cm³/mol. The molecular weight excluding hydrogens is 328 g/mol. The Kier molecular flexibility index (Phi) is 3.52. The summed E-state index contributed by atoms with van der Waals surface area (Å²) in [5.74, 6) is 0. The van der Waals surface area contributed by atoms with Crippen molar-refractivity contribution < 1.29 is 4.21 Å². The molecule has 0 aromatic carbocycles. The molecule has 0 spiro atoms. The second kappa shape index (κ2) is 5.59. The highest BCUT2D eigenvalue weighted by molar-refractivity contribution is 7.84.